The zero-order chi connectivity index (χ0) is 16.9. The van der Waals surface area contributed by atoms with Crippen molar-refractivity contribution in [2.45, 2.75) is 25.4 Å². The van der Waals surface area contributed by atoms with Gasteiger partial charge in [-0.3, -0.25) is 4.79 Å². The summed E-state index contributed by atoms with van der Waals surface area (Å²) < 4.78 is 0. The van der Waals surface area contributed by atoms with Crippen molar-refractivity contribution in [3.8, 4) is 0 Å². The van der Waals surface area contributed by atoms with Crippen LogP contribution in [0.5, 0.6) is 0 Å². The minimum absolute atomic E-state index is 0.0922. The highest BCUT2D eigenvalue weighted by molar-refractivity contribution is 5.87. The molecule has 0 radical (unpaired) electrons. The number of amides is 1. The smallest absolute Gasteiger partial charge is 0.237 e. The fraction of sp³-hybridized carbons (Fsp3) is 0.190. The van der Waals surface area contributed by atoms with Crippen LogP contribution in [0.25, 0.3) is 10.8 Å². The Morgan fingerprint density at radius 2 is 1.62 bits per heavy atom. The van der Waals surface area contributed by atoms with Gasteiger partial charge in [0.25, 0.3) is 0 Å². The van der Waals surface area contributed by atoms with Gasteiger partial charge in [0, 0.05) is 0 Å². The van der Waals surface area contributed by atoms with Crippen molar-refractivity contribution in [3.05, 3.63) is 83.9 Å². The molecule has 3 heteroatoms. The molecule has 0 bridgehead atoms. The van der Waals surface area contributed by atoms with Gasteiger partial charge in [-0.25, -0.2) is 0 Å². The van der Waals surface area contributed by atoms with Gasteiger partial charge in [0.2, 0.25) is 5.91 Å². The number of hydrogen-bond donors (Lipinski definition) is 2. The van der Waals surface area contributed by atoms with E-state index in [4.69, 9.17) is 5.73 Å². The van der Waals surface area contributed by atoms with Crippen LogP contribution in [0.1, 0.15) is 24.1 Å². The van der Waals surface area contributed by atoms with Gasteiger partial charge in [-0.05, 0) is 35.2 Å². The summed E-state index contributed by atoms with van der Waals surface area (Å²) in [6.45, 7) is 1.99. The Labute approximate surface area is 142 Å². The van der Waals surface area contributed by atoms with Crippen LogP contribution in [-0.2, 0) is 11.2 Å². The van der Waals surface area contributed by atoms with Gasteiger partial charge in [-0.15, -0.1) is 0 Å². The van der Waals surface area contributed by atoms with Crippen LogP contribution in [0, 0.1) is 0 Å². The molecule has 0 aromatic heterocycles. The van der Waals surface area contributed by atoms with E-state index in [2.05, 4.69) is 29.6 Å². The van der Waals surface area contributed by atoms with Crippen LogP contribution in [0.4, 0.5) is 0 Å². The van der Waals surface area contributed by atoms with E-state index in [9.17, 15) is 4.79 Å². The highest BCUT2D eigenvalue weighted by atomic mass is 16.2. The maximum Gasteiger partial charge on any atom is 0.237 e. The van der Waals surface area contributed by atoms with Crippen molar-refractivity contribution in [2.75, 3.05) is 0 Å². The first-order chi connectivity index (χ1) is 11.6. The lowest BCUT2D eigenvalue weighted by molar-refractivity contribution is -0.123. The molecule has 0 saturated heterocycles. The van der Waals surface area contributed by atoms with Crippen LogP contribution >= 0.6 is 0 Å². The van der Waals surface area contributed by atoms with Crippen molar-refractivity contribution in [1.82, 2.24) is 5.32 Å². The molecule has 0 aliphatic rings. The molecule has 0 aliphatic heterocycles. The molecule has 1 amide bonds. The highest BCUT2D eigenvalue weighted by Gasteiger charge is 2.18. The van der Waals surface area contributed by atoms with Crippen molar-refractivity contribution >= 4 is 16.7 Å². The third-order valence-corrected chi connectivity index (χ3v) is 4.28. The van der Waals surface area contributed by atoms with Crippen molar-refractivity contribution in [1.29, 1.82) is 0 Å². The van der Waals surface area contributed by atoms with E-state index in [-0.39, 0.29) is 11.9 Å². The van der Waals surface area contributed by atoms with E-state index >= 15 is 0 Å². The average Bonchev–Trinajstić information content (AvgIpc) is 2.62. The summed E-state index contributed by atoms with van der Waals surface area (Å²) in [6, 6.07) is 23.5. The zero-order valence-electron chi connectivity index (χ0n) is 13.8. The molecule has 3 nitrogen and oxygen atoms in total. The van der Waals surface area contributed by atoms with Crippen molar-refractivity contribution in [3.63, 3.8) is 0 Å². The first-order valence-corrected chi connectivity index (χ1v) is 8.22. The molecule has 0 fully saturated rings. The third-order valence-electron chi connectivity index (χ3n) is 4.28. The molecule has 24 heavy (non-hydrogen) atoms. The van der Waals surface area contributed by atoms with Crippen LogP contribution < -0.4 is 11.1 Å². The van der Waals surface area contributed by atoms with E-state index in [1.165, 1.54) is 5.39 Å². The first kappa shape index (κ1) is 16.2. The summed E-state index contributed by atoms with van der Waals surface area (Å²) in [4.78, 5) is 12.4. The standard InChI is InChI=1S/C21H22N2O/c1-15(18-13-7-11-17-10-5-6-12-19(17)18)23-21(24)20(22)14-16-8-3-2-4-9-16/h2-13,15,20H,14,22H2,1H3,(H,23,24)/t15?,20-/m0/s1. The Kier molecular flexibility index (Phi) is 4.92. The lowest BCUT2D eigenvalue weighted by atomic mass is 9.99. The molecule has 122 valence electrons. The number of rotatable bonds is 5. The highest BCUT2D eigenvalue weighted by Crippen LogP contribution is 2.24. The molecular weight excluding hydrogens is 296 g/mol. The van der Waals surface area contributed by atoms with E-state index < -0.39 is 6.04 Å². The lowest BCUT2D eigenvalue weighted by Gasteiger charge is -2.19. The second-order valence-electron chi connectivity index (χ2n) is 6.09. The predicted octanol–water partition coefficient (Wildman–Crippen LogP) is 3.59. The largest absolute Gasteiger partial charge is 0.348 e. The SMILES string of the molecule is CC(NC(=O)[C@@H](N)Cc1ccccc1)c1cccc2ccccc12. The Morgan fingerprint density at radius 1 is 0.958 bits per heavy atom. The summed E-state index contributed by atoms with van der Waals surface area (Å²) in [5.41, 5.74) is 8.25. The summed E-state index contributed by atoms with van der Waals surface area (Å²) >= 11 is 0. The number of nitrogens with one attached hydrogen (secondary N) is 1. The molecule has 0 saturated carbocycles. The molecule has 2 atom stereocenters. The van der Waals surface area contributed by atoms with Gasteiger partial charge in [0.05, 0.1) is 12.1 Å². The van der Waals surface area contributed by atoms with Crippen LogP contribution in [0.15, 0.2) is 72.8 Å². The maximum atomic E-state index is 12.4. The minimum Gasteiger partial charge on any atom is -0.348 e. The fourth-order valence-corrected chi connectivity index (χ4v) is 2.99. The summed E-state index contributed by atoms with van der Waals surface area (Å²) in [6.07, 6.45) is 0.537. The number of hydrogen-bond acceptors (Lipinski definition) is 2. The van der Waals surface area contributed by atoms with Crippen LogP contribution in [0.2, 0.25) is 0 Å². The van der Waals surface area contributed by atoms with Crippen molar-refractivity contribution < 1.29 is 4.79 Å². The van der Waals surface area contributed by atoms with Gasteiger partial charge in [-0.1, -0.05) is 72.8 Å². The number of fused-ring (bicyclic) bond motifs is 1. The van der Waals surface area contributed by atoms with Gasteiger partial charge >= 0.3 is 0 Å². The van der Waals surface area contributed by atoms with E-state index in [1.807, 2.05) is 55.5 Å². The average molecular weight is 318 g/mol. The van der Waals surface area contributed by atoms with E-state index in [1.54, 1.807) is 0 Å². The second kappa shape index (κ2) is 7.28. The molecule has 0 heterocycles. The van der Waals surface area contributed by atoms with Crippen molar-refractivity contribution in [2.24, 2.45) is 5.73 Å². The molecule has 1 unspecified atom stereocenters. The monoisotopic (exact) mass is 318 g/mol. The number of benzene rings is 3. The summed E-state index contributed by atoms with van der Waals surface area (Å²) in [5, 5.41) is 5.37. The second-order valence-corrected chi connectivity index (χ2v) is 6.09. The molecule has 3 aromatic rings. The third kappa shape index (κ3) is 3.63. The van der Waals surface area contributed by atoms with Crippen LogP contribution in [0.3, 0.4) is 0 Å². The van der Waals surface area contributed by atoms with E-state index in [0.717, 1.165) is 16.5 Å². The van der Waals surface area contributed by atoms with Gasteiger partial charge < -0.3 is 11.1 Å². The molecule has 3 rings (SSSR count). The summed E-state index contributed by atoms with van der Waals surface area (Å²) in [7, 11) is 0. The normalized spacial score (nSPS) is 13.4. The Morgan fingerprint density at radius 3 is 2.42 bits per heavy atom. The predicted molar refractivity (Wildman–Crippen MR) is 98.6 cm³/mol. The molecular formula is C21H22N2O. The first-order valence-electron chi connectivity index (χ1n) is 8.22. The zero-order valence-corrected chi connectivity index (χ0v) is 13.8. The van der Waals surface area contributed by atoms with Crippen LogP contribution in [-0.4, -0.2) is 11.9 Å². The maximum absolute atomic E-state index is 12.4. The van der Waals surface area contributed by atoms with Gasteiger partial charge in [0.1, 0.15) is 0 Å². The minimum atomic E-state index is -0.551. The Balaban J connectivity index is 1.71. The molecule has 3 aromatic carbocycles. The lowest BCUT2D eigenvalue weighted by Crippen LogP contribution is -2.43. The van der Waals surface area contributed by atoms with Gasteiger partial charge in [0.15, 0.2) is 0 Å². The van der Waals surface area contributed by atoms with Gasteiger partial charge in [-0.2, -0.15) is 0 Å². The quantitative estimate of drug-likeness (QED) is 0.755. The van der Waals surface area contributed by atoms with E-state index in [0.29, 0.717) is 6.42 Å². The summed E-state index contributed by atoms with van der Waals surface area (Å²) in [5.74, 6) is -0.126. The molecule has 0 aliphatic carbocycles. The topological polar surface area (TPSA) is 55.1 Å². The fourth-order valence-electron chi connectivity index (χ4n) is 2.99. The Bertz CT molecular complexity index is 824. The number of nitrogens with two attached hydrogens (primary N) is 1. The number of carbonyl (C=O) groups is 1. The molecule has 0 spiro atoms. The Hall–Kier alpha value is -2.65. The molecule has 3 N–H and O–H groups in total. The number of carbonyl (C=O) groups excluding carboxylic acids is 1.